The Hall–Kier alpha value is -2.11. The average Bonchev–Trinajstić information content (AvgIpc) is 2.38. The number of carbonyl (C=O) groups excluding carboxylic acids is 1. The molecule has 1 rings (SSSR count). The van der Waals surface area contributed by atoms with E-state index in [-0.39, 0.29) is 11.6 Å². The molecule has 0 aliphatic heterocycles. The highest BCUT2D eigenvalue weighted by Crippen LogP contribution is 2.21. The second kappa shape index (κ2) is 6.58. The SMILES string of the molecule is CCCCNC(=O)c1cc([N+](=O)[O-])ccc1NC. The number of amides is 1. The molecule has 6 nitrogen and oxygen atoms in total. The summed E-state index contributed by atoms with van der Waals surface area (Å²) < 4.78 is 0. The second-order valence-corrected chi connectivity index (χ2v) is 3.85. The van der Waals surface area contributed by atoms with E-state index in [1.54, 1.807) is 7.05 Å². The summed E-state index contributed by atoms with van der Waals surface area (Å²) in [6.07, 6.45) is 1.86. The molecule has 98 valence electrons. The molecule has 0 heterocycles. The van der Waals surface area contributed by atoms with Crippen molar-refractivity contribution in [1.29, 1.82) is 0 Å². The van der Waals surface area contributed by atoms with Gasteiger partial charge in [-0.15, -0.1) is 0 Å². The number of benzene rings is 1. The number of non-ortho nitro benzene ring substituents is 1. The molecule has 1 aromatic rings. The number of nitro benzene ring substituents is 1. The van der Waals surface area contributed by atoms with Crippen molar-refractivity contribution >= 4 is 17.3 Å². The van der Waals surface area contributed by atoms with Gasteiger partial charge in [0.05, 0.1) is 10.5 Å². The first-order chi connectivity index (χ1) is 8.60. The second-order valence-electron chi connectivity index (χ2n) is 3.85. The number of anilines is 1. The molecule has 0 aliphatic rings. The number of hydrogen-bond acceptors (Lipinski definition) is 4. The van der Waals surface area contributed by atoms with Crippen LogP contribution in [0.15, 0.2) is 18.2 Å². The standard InChI is InChI=1S/C12H17N3O3/c1-3-4-7-14-12(16)10-8-9(15(17)18)5-6-11(10)13-2/h5-6,8,13H,3-4,7H2,1-2H3,(H,14,16). The van der Waals surface area contributed by atoms with Crippen LogP contribution >= 0.6 is 0 Å². The van der Waals surface area contributed by atoms with Gasteiger partial charge in [0.1, 0.15) is 0 Å². The average molecular weight is 251 g/mol. The van der Waals surface area contributed by atoms with E-state index in [0.29, 0.717) is 17.8 Å². The van der Waals surface area contributed by atoms with Gasteiger partial charge < -0.3 is 10.6 Å². The van der Waals surface area contributed by atoms with Gasteiger partial charge in [0, 0.05) is 31.4 Å². The largest absolute Gasteiger partial charge is 0.387 e. The molecule has 6 heteroatoms. The fourth-order valence-corrected chi connectivity index (χ4v) is 1.53. The molecule has 0 fully saturated rings. The van der Waals surface area contributed by atoms with Crippen molar-refractivity contribution in [3.05, 3.63) is 33.9 Å². The van der Waals surface area contributed by atoms with Crippen LogP contribution in [0.5, 0.6) is 0 Å². The van der Waals surface area contributed by atoms with E-state index in [0.717, 1.165) is 12.8 Å². The van der Waals surface area contributed by atoms with E-state index in [2.05, 4.69) is 10.6 Å². The molecule has 1 amide bonds. The third-order valence-electron chi connectivity index (χ3n) is 2.54. The van der Waals surface area contributed by atoms with Gasteiger partial charge >= 0.3 is 0 Å². The predicted molar refractivity (Wildman–Crippen MR) is 69.9 cm³/mol. The number of unbranched alkanes of at least 4 members (excludes halogenated alkanes) is 1. The summed E-state index contributed by atoms with van der Waals surface area (Å²) in [6, 6.07) is 4.19. The molecule has 18 heavy (non-hydrogen) atoms. The molecule has 0 aromatic heterocycles. The van der Waals surface area contributed by atoms with Crippen LogP contribution in [0, 0.1) is 10.1 Å². The maximum absolute atomic E-state index is 11.9. The highest BCUT2D eigenvalue weighted by Gasteiger charge is 2.15. The van der Waals surface area contributed by atoms with Crippen LogP contribution < -0.4 is 10.6 Å². The third kappa shape index (κ3) is 3.44. The summed E-state index contributed by atoms with van der Waals surface area (Å²) in [6.45, 7) is 2.60. The predicted octanol–water partition coefficient (Wildman–Crippen LogP) is 2.17. The Morgan fingerprint density at radius 1 is 1.44 bits per heavy atom. The zero-order valence-electron chi connectivity index (χ0n) is 10.5. The monoisotopic (exact) mass is 251 g/mol. The molecule has 0 radical (unpaired) electrons. The van der Waals surface area contributed by atoms with E-state index >= 15 is 0 Å². The van der Waals surface area contributed by atoms with Crippen molar-refractivity contribution in [3.63, 3.8) is 0 Å². The third-order valence-corrected chi connectivity index (χ3v) is 2.54. The minimum atomic E-state index is -0.512. The maximum atomic E-state index is 11.9. The summed E-state index contributed by atoms with van der Waals surface area (Å²) in [4.78, 5) is 22.1. The molecular weight excluding hydrogens is 234 g/mol. The molecule has 0 unspecified atom stereocenters. The van der Waals surface area contributed by atoms with Crippen LogP contribution in [0.25, 0.3) is 0 Å². The number of rotatable bonds is 6. The van der Waals surface area contributed by atoms with Crippen molar-refractivity contribution in [3.8, 4) is 0 Å². The van der Waals surface area contributed by atoms with Crippen molar-refractivity contribution in [2.24, 2.45) is 0 Å². The van der Waals surface area contributed by atoms with Crippen LogP contribution in [-0.4, -0.2) is 24.4 Å². The van der Waals surface area contributed by atoms with Crippen LogP contribution in [0.1, 0.15) is 30.1 Å². The normalized spacial score (nSPS) is 9.89. The van der Waals surface area contributed by atoms with E-state index < -0.39 is 4.92 Å². The van der Waals surface area contributed by atoms with Gasteiger partial charge in [-0.05, 0) is 12.5 Å². The minimum Gasteiger partial charge on any atom is -0.387 e. The Morgan fingerprint density at radius 3 is 2.72 bits per heavy atom. The Kier molecular flexibility index (Phi) is 5.10. The fraction of sp³-hybridized carbons (Fsp3) is 0.417. The van der Waals surface area contributed by atoms with Gasteiger partial charge in [0.15, 0.2) is 0 Å². The Bertz CT molecular complexity index is 446. The molecule has 0 aliphatic carbocycles. The van der Waals surface area contributed by atoms with E-state index in [1.807, 2.05) is 6.92 Å². The Balaban J connectivity index is 2.93. The first-order valence-electron chi connectivity index (χ1n) is 5.84. The van der Waals surface area contributed by atoms with Crippen LogP contribution in [0.2, 0.25) is 0 Å². The number of nitrogens with one attached hydrogen (secondary N) is 2. The number of carbonyl (C=O) groups is 1. The lowest BCUT2D eigenvalue weighted by molar-refractivity contribution is -0.384. The van der Waals surface area contributed by atoms with Crippen molar-refractivity contribution in [2.45, 2.75) is 19.8 Å². The Labute approximate surface area is 106 Å². The number of nitrogens with zero attached hydrogens (tertiary/aromatic N) is 1. The van der Waals surface area contributed by atoms with Gasteiger partial charge in [-0.2, -0.15) is 0 Å². The van der Waals surface area contributed by atoms with Crippen LogP contribution in [0.3, 0.4) is 0 Å². The lowest BCUT2D eigenvalue weighted by Gasteiger charge is -2.09. The van der Waals surface area contributed by atoms with E-state index in [9.17, 15) is 14.9 Å². The fourth-order valence-electron chi connectivity index (χ4n) is 1.53. The molecule has 1 aromatic carbocycles. The number of hydrogen-bond donors (Lipinski definition) is 2. The van der Waals surface area contributed by atoms with E-state index in [4.69, 9.17) is 0 Å². The van der Waals surface area contributed by atoms with Gasteiger partial charge in [0.25, 0.3) is 11.6 Å². The molecule has 0 spiro atoms. The first kappa shape index (κ1) is 14.0. The lowest BCUT2D eigenvalue weighted by atomic mass is 10.1. The van der Waals surface area contributed by atoms with Crippen molar-refractivity contribution in [1.82, 2.24) is 5.32 Å². The zero-order chi connectivity index (χ0) is 13.5. The summed E-state index contributed by atoms with van der Waals surface area (Å²) in [5.41, 5.74) is 0.784. The zero-order valence-corrected chi connectivity index (χ0v) is 10.5. The Morgan fingerprint density at radius 2 is 2.17 bits per heavy atom. The smallest absolute Gasteiger partial charge is 0.270 e. The topological polar surface area (TPSA) is 84.3 Å². The first-order valence-corrected chi connectivity index (χ1v) is 5.84. The van der Waals surface area contributed by atoms with Crippen molar-refractivity contribution in [2.75, 3.05) is 18.9 Å². The molecular formula is C12H17N3O3. The minimum absolute atomic E-state index is 0.0883. The van der Waals surface area contributed by atoms with Gasteiger partial charge in [-0.25, -0.2) is 0 Å². The van der Waals surface area contributed by atoms with Crippen LogP contribution in [-0.2, 0) is 0 Å². The summed E-state index contributed by atoms with van der Waals surface area (Å²) >= 11 is 0. The van der Waals surface area contributed by atoms with Crippen LogP contribution in [0.4, 0.5) is 11.4 Å². The maximum Gasteiger partial charge on any atom is 0.270 e. The summed E-state index contributed by atoms with van der Waals surface area (Å²) in [5.74, 6) is -0.295. The van der Waals surface area contributed by atoms with Crippen molar-refractivity contribution < 1.29 is 9.72 Å². The van der Waals surface area contributed by atoms with E-state index in [1.165, 1.54) is 18.2 Å². The quantitative estimate of drug-likeness (QED) is 0.461. The molecule has 0 atom stereocenters. The van der Waals surface area contributed by atoms with Gasteiger partial charge in [-0.1, -0.05) is 13.3 Å². The molecule has 0 saturated carbocycles. The number of nitro groups is 1. The van der Waals surface area contributed by atoms with Gasteiger partial charge in [0.2, 0.25) is 0 Å². The molecule has 0 saturated heterocycles. The highest BCUT2D eigenvalue weighted by molar-refractivity contribution is 6.00. The lowest BCUT2D eigenvalue weighted by Crippen LogP contribution is -2.25. The summed E-state index contributed by atoms with van der Waals surface area (Å²) in [5, 5.41) is 16.3. The van der Waals surface area contributed by atoms with Gasteiger partial charge in [-0.3, -0.25) is 14.9 Å². The summed E-state index contributed by atoms with van der Waals surface area (Å²) in [7, 11) is 1.67. The molecule has 2 N–H and O–H groups in total. The molecule has 0 bridgehead atoms. The highest BCUT2D eigenvalue weighted by atomic mass is 16.6.